The van der Waals surface area contributed by atoms with Gasteiger partial charge in [-0.3, -0.25) is 0 Å². The fourth-order valence-electron chi connectivity index (χ4n) is 1.76. The lowest BCUT2D eigenvalue weighted by Crippen LogP contribution is -2.19. The third kappa shape index (κ3) is 5.20. The van der Waals surface area contributed by atoms with Gasteiger partial charge >= 0.3 is 0 Å². The molecule has 0 saturated heterocycles. The van der Waals surface area contributed by atoms with Gasteiger partial charge in [0.2, 0.25) is 5.88 Å². The van der Waals surface area contributed by atoms with Crippen LogP contribution in [0.4, 0.5) is 0 Å². The summed E-state index contributed by atoms with van der Waals surface area (Å²) in [5.41, 5.74) is 0.938. The lowest BCUT2D eigenvalue weighted by Gasteiger charge is -2.09. The topological polar surface area (TPSA) is 34.1 Å². The summed E-state index contributed by atoms with van der Waals surface area (Å²) in [7, 11) is 0. The molecule has 1 N–H and O–H groups in total. The lowest BCUT2D eigenvalue weighted by atomic mass is 10.2. The fraction of sp³-hybridized carbons (Fsp3) is 0.312. The van der Waals surface area contributed by atoms with Crippen LogP contribution in [0.1, 0.15) is 19.5 Å². The minimum atomic E-state index is 0.462. The first-order chi connectivity index (χ1) is 10.0. The van der Waals surface area contributed by atoms with Crippen molar-refractivity contribution < 1.29 is 4.74 Å². The van der Waals surface area contributed by atoms with Gasteiger partial charge < -0.3 is 10.1 Å². The van der Waals surface area contributed by atoms with Crippen LogP contribution < -0.4 is 10.1 Å². The van der Waals surface area contributed by atoms with Gasteiger partial charge in [0, 0.05) is 18.7 Å². The zero-order chi connectivity index (χ0) is 15.2. The van der Waals surface area contributed by atoms with Gasteiger partial charge in [0.15, 0.2) is 0 Å². The van der Waals surface area contributed by atoms with Gasteiger partial charge in [0.1, 0.15) is 5.75 Å². The number of pyridine rings is 1. The lowest BCUT2D eigenvalue weighted by molar-refractivity contribution is 0.458. The van der Waals surface area contributed by atoms with Gasteiger partial charge in [-0.05, 0) is 30.7 Å². The normalized spacial score (nSPS) is 10.9. The van der Waals surface area contributed by atoms with Crippen LogP contribution in [0.25, 0.3) is 0 Å². The Bertz CT molecular complexity index is 603. The molecule has 21 heavy (non-hydrogen) atoms. The molecule has 5 heteroatoms. The minimum absolute atomic E-state index is 0.462. The van der Waals surface area contributed by atoms with E-state index in [-0.39, 0.29) is 0 Å². The average molecular weight is 325 g/mol. The van der Waals surface area contributed by atoms with Crippen molar-refractivity contribution in [3.63, 3.8) is 0 Å². The fourth-order valence-corrected chi connectivity index (χ4v) is 2.05. The molecule has 112 valence electrons. The number of benzene rings is 1. The second kappa shape index (κ2) is 7.64. The number of hydrogen-bond acceptors (Lipinski definition) is 3. The predicted molar refractivity (Wildman–Crippen MR) is 87.3 cm³/mol. The summed E-state index contributed by atoms with van der Waals surface area (Å²) < 4.78 is 5.70. The zero-order valence-electron chi connectivity index (χ0n) is 12.1. The van der Waals surface area contributed by atoms with E-state index >= 15 is 0 Å². The van der Waals surface area contributed by atoms with Crippen LogP contribution in [-0.4, -0.2) is 11.5 Å². The molecule has 0 aliphatic rings. The first-order valence-corrected chi connectivity index (χ1v) is 7.60. The van der Waals surface area contributed by atoms with Crippen molar-refractivity contribution in [3.8, 4) is 11.6 Å². The van der Waals surface area contributed by atoms with E-state index in [0.29, 0.717) is 27.6 Å². The van der Waals surface area contributed by atoms with E-state index < -0.39 is 0 Å². The molecule has 0 amide bonds. The molecular formula is C16H18Cl2N2O. The van der Waals surface area contributed by atoms with Crippen LogP contribution in [0.2, 0.25) is 10.0 Å². The molecule has 0 spiro atoms. The number of nitrogens with one attached hydrogen (secondary N) is 1. The van der Waals surface area contributed by atoms with E-state index in [0.717, 1.165) is 18.8 Å². The Kier molecular flexibility index (Phi) is 5.85. The summed E-state index contributed by atoms with van der Waals surface area (Å²) in [5.74, 6) is 1.77. The van der Waals surface area contributed by atoms with Crippen molar-refractivity contribution in [2.24, 2.45) is 5.92 Å². The third-order valence-corrected chi connectivity index (χ3v) is 3.49. The van der Waals surface area contributed by atoms with E-state index in [4.69, 9.17) is 27.9 Å². The Labute approximate surface area is 135 Å². The minimum Gasteiger partial charge on any atom is -0.439 e. The number of aromatic nitrogens is 1. The number of nitrogens with zero attached hydrogens (tertiary/aromatic N) is 1. The van der Waals surface area contributed by atoms with Crippen molar-refractivity contribution in [1.29, 1.82) is 0 Å². The van der Waals surface area contributed by atoms with Crippen LogP contribution in [0, 0.1) is 5.92 Å². The van der Waals surface area contributed by atoms with E-state index in [2.05, 4.69) is 24.1 Å². The van der Waals surface area contributed by atoms with Gasteiger partial charge in [-0.1, -0.05) is 43.1 Å². The molecule has 2 rings (SSSR count). The van der Waals surface area contributed by atoms with Crippen molar-refractivity contribution in [1.82, 2.24) is 10.3 Å². The van der Waals surface area contributed by atoms with Crippen molar-refractivity contribution in [3.05, 3.63) is 52.1 Å². The highest BCUT2D eigenvalue weighted by Gasteiger charge is 2.04. The van der Waals surface area contributed by atoms with Gasteiger partial charge in [-0.15, -0.1) is 0 Å². The molecule has 0 fully saturated rings. The maximum Gasteiger partial charge on any atom is 0.219 e. The van der Waals surface area contributed by atoms with E-state index in [1.54, 1.807) is 18.2 Å². The summed E-state index contributed by atoms with van der Waals surface area (Å²) >= 11 is 11.8. The van der Waals surface area contributed by atoms with E-state index in [1.807, 2.05) is 18.2 Å². The molecule has 1 heterocycles. The highest BCUT2D eigenvalue weighted by molar-refractivity contribution is 6.42. The SMILES string of the molecule is CC(C)CNCc1cccc(Oc2ccc(Cl)c(Cl)c2)n1. The summed E-state index contributed by atoms with van der Waals surface area (Å²) in [6.45, 7) is 6.02. The van der Waals surface area contributed by atoms with Crippen molar-refractivity contribution in [2.75, 3.05) is 6.54 Å². The Morgan fingerprint density at radius 2 is 1.95 bits per heavy atom. The Morgan fingerprint density at radius 1 is 1.14 bits per heavy atom. The van der Waals surface area contributed by atoms with Crippen LogP contribution in [0.15, 0.2) is 36.4 Å². The van der Waals surface area contributed by atoms with Crippen LogP contribution in [0.3, 0.4) is 0 Å². The molecule has 0 saturated carbocycles. The Balaban J connectivity index is 2.01. The average Bonchev–Trinajstić information content (AvgIpc) is 2.43. The first-order valence-electron chi connectivity index (χ1n) is 6.84. The molecular weight excluding hydrogens is 307 g/mol. The van der Waals surface area contributed by atoms with Crippen LogP contribution in [0.5, 0.6) is 11.6 Å². The van der Waals surface area contributed by atoms with Crippen molar-refractivity contribution in [2.45, 2.75) is 20.4 Å². The van der Waals surface area contributed by atoms with Crippen molar-refractivity contribution >= 4 is 23.2 Å². The molecule has 1 aromatic carbocycles. The standard InChI is InChI=1S/C16H18Cl2N2O/c1-11(2)9-19-10-12-4-3-5-16(20-12)21-13-6-7-14(17)15(18)8-13/h3-8,11,19H,9-10H2,1-2H3. The number of halogens is 2. The number of ether oxygens (including phenoxy) is 1. The number of hydrogen-bond donors (Lipinski definition) is 1. The molecule has 0 aliphatic heterocycles. The molecule has 0 bridgehead atoms. The summed E-state index contributed by atoms with van der Waals surface area (Å²) in [6, 6.07) is 10.8. The third-order valence-electron chi connectivity index (χ3n) is 2.75. The van der Waals surface area contributed by atoms with Crippen LogP contribution >= 0.6 is 23.2 Å². The molecule has 2 aromatic rings. The monoisotopic (exact) mass is 324 g/mol. The highest BCUT2D eigenvalue weighted by Crippen LogP contribution is 2.28. The highest BCUT2D eigenvalue weighted by atomic mass is 35.5. The Hall–Kier alpha value is -1.29. The summed E-state index contributed by atoms with van der Waals surface area (Å²) in [5, 5.41) is 4.32. The molecule has 0 aliphatic carbocycles. The number of rotatable bonds is 6. The molecule has 0 unspecified atom stereocenters. The van der Waals surface area contributed by atoms with Crippen LogP contribution in [-0.2, 0) is 6.54 Å². The van der Waals surface area contributed by atoms with Gasteiger partial charge in [-0.2, -0.15) is 0 Å². The second-order valence-electron chi connectivity index (χ2n) is 5.17. The smallest absolute Gasteiger partial charge is 0.219 e. The van der Waals surface area contributed by atoms with Gasteiger partial charge in [0.25, 0.3) is 0 Å². The quantitative estimate of drug-likeness (QED) is 0.818. The second-order valence-corrected chi connectivity index (χ2v) is 5.98. The molecule has 0 atom stereocenters. The molecule has 1 aromatic heterocycles. The van der Waals surface area contributed by atoms with Gasteiger partial charge in [-0.25, -0.2) is 4.98 Å². The first kappa shape index (κ1) is 16.1. The summed E-state index contributed by atoms with van der Waals surface area (Å²) in [6.07, 6.45) is 0. The maximum absolute atomic E-state index is 5.97. The maximum atomic E-state index is 5.97. The Morgan fingerprint density at radius 3 is 2.67 bits per heavy atom. The predicted octanol–water partition coefficient (Wildman–Crippen LogP) is 4.93. The largest absolute Gasteiger partial charge is 0.439 e. The molecule has 0 radical (unpaired) electrons. The summed E-state index contributed by atoms with van der Waals surface area (Å²) in [4.78, 5) is 4.46. The van der Waals surface area contributed by atoms with E-state index in [9.17, 15) is 0 Å². The molecule has 3 nitrogen and oxygen atoms in total. The van der Waals surface area contributed by atoms with Gasteiger partial charge in [0.05, 0.1) is 15.7 Å². The van der Waals surface area contributed by atoms with E-state index in [1.165, 1.54) is 0 Å². The zero-order valence-corrected chi connectivity index (χ0v) is 13.6.